The fourth-order valence-corrected chi connectivity index (χ4v) is 1.27. The number of ether oxygens (including phenoxy) is 1. The second kappa shape index (κ2) is 5.36. The third-order valence-corrected chi connectivity index (χ3v) is 1.96. The van der Waals surface area contributed by atoms with Gasteiger partial charge in [-0.05, 0) is 31.0 Å². The zero-order valence-corrected chi connectivity index (χ0v) is 8.64. The second-order valence-electron chi connectivity index (χ2n) is 3.23. The van der Waals surface area contributed by atoms with Crippen LogP contribution in [-0.2, 0) is 16.0 Å². The van der Waals surface area contributed by atoms with Gasteiger partial charge in [-0.1, -0.05) is 12.1 Å². The molecular formula is C11H15NO3. The van der Waals surface area contributed by atoms with E-state index in [-0.39, 0.29) is 5.75 Å². The van der Waals surface area contributed by atoms with Crippen molar-refractivity contribution >= 4 is 5.97 Å². The fraction of sp³-hybridized carbons (Fsp3) is 0.364. The SMILES string of the molecule is CCOC(=O)C(N)Cc1cccc(O)c1. The molecular weight excluding hydrogens is 194 g/mol. The number of rotatable bonds is 4. The Balaban J connectivity index is 2.58. The molecule has 0 aromatic heterocycles. The first kappa shape index (κ1) is 11.5. The van der Waals surface area contributed by atoms with E-state index in [0.29, 0.717) is 13.0 Å². The Morgan fingerprint density at radius 2 is 2.33 bits per heavy atom. The number of carbonyl (C=O) groups is 1. The molecule has 1 unspecified atom stereocenters. The topological polar surface area (TPSA) is 72.5 Å². The lowest BCUT2D eigenvalue weighted by molar-refractivity contribution is -0.144. The largest absolute Gasteiger partial charge is 0.508 e. The van der Waals surface area contributed by atoms with Crippen LogP contribution < -0.4 is 5.73 Å². The number of hydrogen-bond donors (Lipinski definition) is 2. The van der Waals surface area contributed by atoms with E-state index in [0.717, 1.165) is 5.56 Å². The van der Waals surface area contributed by atoms with Crippen molar-refractivity contribution in [1.29, 1.82) is 0 Å². The van der Waals surface area contributed by atoms with Gasteiger partial charge in [0.1, 0.15) is 11.8 Å². The van der Waals surface area contributed by atoms with E-state index in [1.54, 1.807) is 31.2 Å². The summed E-state index contributed by atoms with van der Waals surface area (Å²) in [4.78, 5) is 11.2. The molecule has 1 aromatic carbocycles. The van der Waals surface area contributed by atoms with Crippen LogP contribution in [-0.4, -0.2) is 23.7 Å². The molecule has 0 spiro atoms. The molecule has 0 heterocycles. The molecule has 0 aliphatic heterocycles. The summed E-state index contributed by atoms with van der Waals surface area (Å²) in [5.74, 6) is -0.246. The van der Waals surface area contributed by atoms with Crippen molar-refractivity contribution in [2.45, 2.75) is 19.4 Å². The van der Waals surface area contributed by atoms with Gasteiger partial charge in [-0.3, -0.25) is 4.79 Å². The summed E-state index contributed by atoms with van der Waals surface area (Å²) >= 11 is 0. The van der Waals surface area contributed by atoms with Crippen molar-refractivity contribution < 1.29 is 14.6 Å². The summed E-state index contributed by atoms with van der Waals surface area (Å²) in [5.41, 5.74) is 6.44. The molecule has 0 aliphatic carbocycles. The average molecular weight is 209 g/mol. The molecule has 0 saturated carbocycles. The summed E-state index contributed by atoms with van der Waals surface area (Å²) in [5, 5.41) is 9.21. The highest BCUT2D eigenvalue weighted by molar-refractivity contribution is 5.75. The highest BCUT2D eigenvalue weighted by atomic mass is 16.5. The van der Waals surface area contributed by atoms with E-state index in [4.69, 9.17) is 10.5 Å². The number of esters is 1. The van der Waals surface area contributed by atoms with Crippen LogP contribution in [0.1, 0.15) is 12.5 Å². The second-order valence-corrected chi connectivity index (χ2v) is 3.23. The predicted octanol–water partition coefficient (Wildman–Crippen LogP) is 0.825. The van der Waals surface area contributed by atoms with Crippen molar-refractivity contribution in [3.05, 3.63) is 29.8 Å². The molecule has 0 amide bonds. The zero-order valence-electron chi connectivity index (χ0n) is 8.64. The third-order valence-electron chi connectivity index (χ3n) is 1.96. The first-order chi connectivity index (χ1) is 7.13. The number of hydrogen-bond acceptors (Lipinski definition) is 4. The molecule has 82 valence electrons. The van der Waals surface area contributed by atoms with E-state index in [1.165, 1.54) is 0 Å². The van der Waals surface area contributed by atoms with Crippen LogP contribution in [0.4, 0.5) is 0 Å². The Labute approximate surface area is 88.7 Å². The number of carbonyl (C=O) groups excluding carboxylic acids is 1. The Hall–Kier alpha value is -1.55. The maximum absolute atomic E-state index is 11.2. The molecule has 1 rings (SSSR count). The number of benzene rings is 1. The number of phenols is 1. The molecule has 0 radical (unpaired) electrons. The lowest BCUT2D eigenvalue weighted by Gasteiger charge is -2.10. The summed E-state index contributed by atoms with van der Waals surface area (Å²) in [6, 6.07) is 5.99. The van der Waals surface area contributed by atoms with Crippen LogP contribution in [0.2, 0.25) is 0 Å². The average Bonchev–Trinajstić information content (AvgIpc) is 2.18. The van der Waals surface area contributed by atoms with Crippen LogP contribution in [0.3, 0.4) is 0 Å². The summed E-state index contributed by atoms with van der Waals surface area (Å²) < 4.78 is 4.78. The first-order valence-corrected chi connectivity index (χ1v) is 4.83. The summed E-state index contributed by atoms with van der Waals surface area (Å²) in [7, 11) is 0. The minimum absolute atomic E-state index is 0.170. The molecule has 4 nitrogen and oxygen atoms in total. The van der Waals surface area contributed by atoms with E-state index in [1.807, 2.05) is 0 Å². The van der Waals surface area contributed by atoms with Crippen LogP contribution in [0.5, 0.6) is 5.75 Å². The standard InChI is InChI=1S/C11H15NO3/c1-2-15-11(14)10(12)7-8-4-3-5-9(13)6-8/h3-6,10,13H,2,7,12H2,1H3. The van der Waals surface area contributed by atoms with Gasteiger partial charge in [0.05, 0.1) is 6.61 Å². The van der Waals surface area contributed by atoms with Gasteiger partial charge in [0.25, 0.3) is 0 Å². The van der Waals surface area contributed by atoms with Crippen molar-refractivity contribution in [2.75, 3.05) is 6.61 Å². The minimum atomic E-state index is -0.674. The smallest absolute Gasteiger partial charge is 0.323 e. The first-order valence-electron chi connectivity index (χ1n) is 4.83. The van der Waals surface area contributed by atoms with Crippen LogP contribution in [0.15, 0.2) is 24.3 Å². The molecule has 3 N–H and O–H groups in total. The summed E-state index contributed by atoms with van der Waals surface area (Å²) in [6.07, 6.45) is 0.368. The highest BCUT2D eigenvalue weighted by Gasteiger charge is 2.14. The number of phenolic OH excluding ortho intramolecular Hbond substituents is 1. The van der Waals surface area contributed by atoms with Gasteiger partial charge < -0.3 is 15.6 Å². The predicted molar refractivity (Wildman–Crippen MR) is 56.4 cm³/mol. The van der Waals surface area contributed by atoms with Crippen molar-refractivity contribution in [2.24, 2.45) is 5.73 Å². The van der Waals surface area contributed by atoms with Crippen molar-refractivity contribution in [1.82, 2.24) is 0 Å². The molecule has 0 aliphatic rings. The molecule has 1 aromatic rings. The zero-order chi connectivity index (χ0) is 11.3. The number of aromatic hydroxyl groups is 1. The van der Waals surface area contributed by atoms with E-state index in [9.17, 15) is 9.90 Å². The lowest BCUT2D eigenvalue weighted by atomic mass is 10.1. The van der Waals surface area contributed by atoms with E-state index < -0.39 is 12.0 Å². The van der Waals surface area contributed by atoms with Crippen molar-refractivity contribution in [3.8, 4) is 5.75 Å². The molecule has 4 heteroatoms. The molecule has 15 heavy (non-hydrogen) atoms. The van der Waals surface area contributed by atoms with Crippen LogP contribution >= 0.6 is 0 Å². The van der Waals surface area contributed by atoms with E-state index in [2.05, 4.69) is 0 Å². The number of nitrogens with two attached hydrogens (primary N) is 1. The Morgan fingerprint density at radius 3 is 2.93 bits per heavy atom. The Bertz CT molecular complexity index is 338. The van der Waals surface area contributed by atoms with Crippen LogP contribution in [0, 0.1) is 0 Å². The molecule has 1 atom stereocenters. The lowest BCUT2D eigenvalue weighted by Crippen LogP contribution is -2.34. The van der Waals surface area contributed by atoms with Crippen molar-refractivity contribution in [3.63, 3.8) is 0 Å². The Morgan fingerprint density at radius 1 is 1.60 bits per heavy atom. The molecule has 0 bridgehead atoms. The highest BCUT2D eigenvalue weighted by Crippen LogP contribution is 2.12. The monoisotopic (exact) mass is 209 g/mol. The minimum Gasteiger partial charge on any atom is -0.508 e. The summed E-state index contributed by atoms with van der Waals surface area (Å²) in [6.45, 7) is 2.06. The van der Waals surface area contributed by atoms with Gasteiger partial charge >= 0.3 is 5.97 Å². The third kappa shape index (κ3) is 3.59. The Kier molecular flexibility index (Phi) is 4.12. The van der Waals surface area contributed by atoms with Gasteiger partial charge in [-0.2, -0.15) is 0 Å². The maximum atomic E-state index is 11.2. The molecule has 0 saturated heterocycles. The maximum Gasteiger partial charge on any atom is 0.323 e. The van der Waals surface area contributed by atoms with Gasteiger partial charge in [0.2, 0.25) is 0 Å². The molecule has 0 fully saturated rings. The van der Waals surface area contributed by atoms with Gasteiger partial charge in [-0.25, -0.2) is 0 Å². The van der Waals surface area contributed by atoms with Crippen LogP contribution in [0.25, 0.3) is 0 Å². The quantitative estimate of drug-likeness (QED) is 0.720. The van der Waals surface area contributed by atoms with Gasteiger partial charge in [0.15, 0.2) is 0 Å². The fourth-order valence-electron chi connectivity index (χ4n) is 1.27. The van der Waals surface area contributed by atoms with E-state index >= 15 is 0 Å². The normalized spacial score (nSPS) is 12.1. The van der Waals surface area contributed by atoms with Gasteiger partial charge in [0, 0.05) is 0 Å². The van der Waals surface area contributed by atoms with Gasteiger partial charge in [-0.15, -0.1) is 0 Å².